The van der Waals surface area contributed by atoms with Crippen molar-refractivity contribution in [3.8, 4) is 0 Å². The lowest BCUT2D eigenvalue weighted by Gasteiger charge is -2.02. The third-order valence-electron chi connectivity index (χ3n) is 2.94. The van der Waals surface area contributed by atoms with Crippen LogP contribution in [0.1, 0.15) is 17.0 Å². The highest BCUT2D eigenvalue weighted by Gasteiger charge is 2.06. The van der Waals surface area contributed by atoms with Gasteiger partial charge in [0.05, 0.1) is 0 Å². The van der Waals surface area contributed by atoms with Crippen molar-refractivity contribution in [3.63, 3.8) is 0 Å². The van der Waals surface area contributed by atoms with Crippen molar-refractivity contribution in [2.24, 2.45) is 0 Å². The summed E-state index contributed by atoms with van der Waals surface area (Å²) in [5.74, 6) is 0.905. The van der Waals surface area contributed by atoms with Gasteiger partial charge in [0.2, 0.25) is 0 Å². The van der Waals surface area contributed by atoms with Gasteiger partial charge in [0.15, 0.2) is 5.65 Å². The smallest absolute Gasteiger partial charge is 0.160 e. The van der Waals surface area contributed by atoms with E-state index in [1.54, 1.807) is 0 Å². The molecule has 90 valence electrons. The number of pyridine rings is 1. The summed E-state index contributed by atoms with van der Waals surface area (Å²) in [5.41, 5.74) is 9.81. The van der Waals surface area contributed by atoms with Crippen molar-refractivity contribution in [3.05, 3.63) is 59.5 Å². The van der Waals surface area contributed by atoms with Crippen molar-refractivity contribution < 1.29 is 0 Å². The van der Waals surface area contributed by atoms with E-state index in [4.69, 9.17) is 5.73 Å². The summed E-state index contributed by atoms with van der Waals surface area (Å²) < 4.78 is 1.94. The fourth-order valence-corrected chi connectivity index (χ4v) is 2.08. The molecular weight excluding hydrogens is 224 g/mol. The zero-order valence-corrected chi connectivity index (χ0v) is 10.2. The standard InChI is InChI=1S/C14H14N4/c1-10-3-2-4-11(7-10)8-14-17-16-13-6-5-12(15)9-18(13)14/h2-7,9H,8,15H2,1H3. The third-order valence-corrected chi connectivity index (χ3v) is 2.94. The largest absolute Gasteiger partial charge is 0.398 e. The van der Waals surface area contributed by atoms with Crippen LogP contribution in [-0.2, 0) is 6.42 Å². The third kappa shape index (κ3) is 1.93. The fraction of sp³-hybridized carbons (Fsp3) is 0.143. The van der Waals surface area contributed by atoms with E-state index in [1.807, 2.05) is 22.7 Å². The van der Waals surface area contributed by atoms with E-state index in [-0.39, 0.29) is 0 Å². The van der Waals surface area contributed by atoms with Crippen LogP contribution in [0, 0.1) is 6.92 Å². The molecule has 0 saturated heterocycles. The number of benzene rings is 1. The highest BCUT2D eigenvalue weighted by Crippen LogP contribution is 2.13. The monoisotopic (exact) mass is 238 g/mol. The lowest BCUT2D eigenvalue weighted by molar-refractivity contribution is 0.934. The van der Waals surface area contributed by atoms with Gasteiger partial charge in [-0.2, -0.15) is 0 Å². The van der Waals surface area contributed by atoms with Gasteiger partial charge < -0.3 is 5.73 Å². The van der Waals surface area contributed by atoms with Crippen molar-refractivity contribution in [2.45, 2.75) is 13.3 Å². The van der Waals surface area contributed by atoms with E-state index < -0.39 is 0 Å². The van der Waals surface area contributed by atoms with E-state index in [1.165, 1.54) is 11.1 Å². The zero-order chi connectivity index (χ0) is 12.5. The van der Waals surface area contributed by atoms with E-state index in [0.717, 1.165) is 17.9 Å². The van der Waals surface area contributed by atoms with E-state index in [9.17, 15) is 0 Å². The van der Waals surface area contributed by atoms with Gasteiger partial charge in [-0.1, -0.05) is 29.8 Å². The Balaban J connectivity index is 2.02. The predicted octanol–water partition coefficient (Wildman–Crippen LogP) is 2.21. The van der Waals surface area contributed by atoms with E-state index >= 15 is 0 Å². The molecule has 1 aromatic carbocycles. The van der Waals surface area contributed by atoms with Crippen LogP contribution in [0.5, 0.6) is 0 Å². The molecule has 3 aromatic rings. The van der Waals surface area contributed by atoms with Gasteiger partial charge in [0.1, 0.15) is 5.82 Å². The molecule has 3 rings (SSSR count). The average Bonchev–Trinajstić information content (AvgIpc) is 2.72. The number of nitrogens with two attached hydrogens (primary N) is 1. The molecule has 0 unspecified atom stereocenters. The lowest BCUT2D eigenvalue weighted by Crippen LogP contribution is -1.98. The Kier molecular flexibility index (Phi) is 2.48. The Morgan fingerprint density at radius 2 is 2.06 bits per heavy atom. The maximum atomic E-state index is 5.79. The quantitative estimate of drug-likeness (QED) is 0.744. The number of nitrogens with zero attached hydrogens (tertiary/aromatic N) is 3. The number of fused-ring (bicyclic) bond motifs is 1. The molecule has 0 amide bonds. The Bertz CT molecular complexity index is 700. The molecule has 0 radical (unpaired) electrons. The molecule has 18 heavy (non-hydrogen) atoms. The van der Waals surface area contributed by atoms with Crippen LogP contribution in [0.25, 0.3) is 5.65 Å². The number of aromatic nitrogens is 3. The lowest BCUT2D eigenvalue weighted by atomic mass is 10.1. The Labute approximate surface area is 105 Å². The summed E-state index contributed by atoms with van der Waals surface area (Å²) in [6.45, 7) is 2.09. The summed E-state index contributed by atoms with van der Waals surface area (Å²) in [7, 11) is 0. The van der Waals surface area contributed by atoms with Gasteiger partial charge in [-0.3, -0.25) is 4.40 Å². The van der Waals surface area contributed by atoms with Crippen LogP contribution in [0.3, 0.4) is 0 Å². The number of aryl methyl sites for hydroxylation is 1. The predicted molar refractivity (Wildman–Crippen MR) is 71.4 cm³/mol. The fourth-order valence-electron chi connectivity index (χ4n) is 2.08. The molecular formula is C14H14N4. The summed E-state index contributed by atoms with van der Waals surface area (Å²) >= 11 is 0. The Morgan fingerprint density at radius 3 is 2.89 bits per heavy atom. The molecule has 0 saturated carbocycles. The molecule has 0 aliphatic rings. The van der Waals surface area contributed by atoms with Gasteiger partial charge in [-0.25, -0.2) is 0 Å². The number of nitrogen functional groups attached to an aromatic ring is 1. The molecule has 0 atom stereocenters. The number of hydrogen-bond donors (Lipinski definition) is 1. The first kappa shape index (κ1) is 10.8. The highest BCUT2D eigenvalue weighted by atomic mass is 15.2. The Hall–Kier alpha value is -2.36. The molecule has 4 nitrogen and oxygen atoms in total. The second kappa shape index (κ2) is 4.14. The van der Waals surface area contributed by atoms with Gasteiger partial charge in [-0.05, 0) is 24.6 Å². The maximum absolute atomic E-state index is 5.79. The van der Waals surface area contributed by atoms with Crippen LogP contribution in [0.2, 0.25) is 0 Å². The highest BCUT2D eigenvalue weighted by molar-refractivity contribution is 5.47. The minimum absolute atomic E-state index is 0.716. The summed E-state index contributed by atoms with van der Waals surface area (Å²) in [6, 6.07) is 12.1. The van der Waals surface area contributed by atoms with Crippen LogP contribution < -0.4 is 5.73 Å². The maximum Gasteiger partial charge on any atom is 0.160 e. The second-order valence-electron chi connectivity index (χ2n) is 4.47. The summed E-state index contributed by atoms with van der Waals surface area (Å²) in [5, 5.41) is 8.35. The van der Waals surface area contributed by atoms with Crippen LogP contribution in [0.4, 0.5) is 5.69 Å². The number of hydrogen-bond acceptors (Lipinski definition) is 3. The molecule has 4 heteroatoms. The van der Waals surface area contributed by atoms with Crippen molar-refractivity contribution in [1.82, 2.24) is 14.6 Å². The first-order chi connectivity index (χ1) is 8.72. The second-order valence-corrected chi connectivity index (χ2v) is 4.47. The van der Waals surface area contributed by atoms with Gasteiger partial charge in [0, 0.05) is 18.3 Å². The summed E-state index contributed by atoms with van der Waals surface area (Å²) in [4.78, 5) is 0. The minimum Gasteiger partial charge on any atom is -0.398 e. The summed E-state index contributed by atoms with van der Waals surface area (Å²) in [6.07, 6.45) is 2.62. The van der Waals surface area contributed by atoms with E-state index in [2.05, 4.69) is 41.4 Å². The van der Waals surface area contributed by atoms with E-state index in [0.29, 0.717) is 5.69 Å². The van der Waals surface area contributed by atoms with Crippen molar-refractivity contribution >= 4 is 11.3 Å². The molecule has 2 N–H and O–H groups in total. The average molecular weight is 238 g/mol. The number of anilines is 1. The normalized spacial score (nSPS) is 10.9. The molecule has 2 aromatic heterocycles. The molecule has 0 aliphatic heterocycles. The SMILES string of the molecule is Cc1cccc(Cc2nnc3ccc(N)cn23)c1. The topological polar surface area (TPSA) is 56.2 Å². The Morgan fingerprint density at radius 1 is 1.17 bits per heavy atom. The van der Waals surface area contributed by atoms with Gasteiger partial charge in [-0.15, -0.1) is 10.2 Å². The molecule has 0 aliphatic carbocycles. The first-order valence-corrected chi connectivity index (χ1v) is 5.87. The molecule has 0 bridgehead atoms. The molecule has 2 heterocycles. The van der Waals surface area contributed by atoms with Gasteiger partial charge in [0.25, 0.3) is 0 Å². The molecule has 0 spiro atoms. The van der Waals surface area contributed by atoms with Crippen molar-refractivity contribution in [1.29, 1.82) is 0 Å². The van der Waals surface area contributed by atoms with Gasteiger partial charge >= 0.3 is 0 Å². The van der Waals surface area contributed by atoms with Crippen LogP contribution >= 0.6 is 0 Å². The van der Waals surface area contributed by atoms with Crippen molar-refractivity contribution in [2.75, 3.05) is 5.73 Å². The first-order valence-electron chi connectivity index (χ1n) is 5.87. The van der Waals surface area contributed by atoms with Crippen LogP contribution in [0.15, 0.2) is 42.6 Å². The minimum atomic E-state index is 0.716. The zero-order valence-electron chi connectivity index (χ0n) is 10.2. The van der Waals surface area contributed by atoms with Crippen LogP contribution in [-0.4, -0.2) is 14.6 Å². The molecule has 0 fully saturated rings. The number of rotatable bonds is 2.